The third kappa shape index (κ3) is 3.97. The summed E-state index contributed by atoms with van der Waals surface area (Å²) in [5.74, 6) is -0.732. The standard InChI is InChI=1S/C20H21N3O4/c1-11-5-7-14(8-6-11)16(10-17(24)26-4)22-19(25)15-9-12(2)21-20-18(15)13(3)23-27-20/h5-9,16H,10H2,1-4H3,(H,22,25)/t16-/m1/s1. The van der Waals surface area contributed by atoms with Crippen molar-refractivity contribution < 1.29 is 18.8 Å². The molecule has 0 spiro atoms. The van der Waals surface area contributed by atoms with Gasteiger partial charge in [-0.05, 0) is 32.4 Å². The summed E-state index contributed by atoms with van der Waals surface area (Å²) in [5, 5.41) is 7.40. The molecule has 0 aliphatic rings. The van der Waals surface area contributed by atoms with E-state index in [1.165, 1.54) is 7.11 Å². The second-order valence-electron chi connectivity index (χ2n) is 6.48. The highest BCUT2D eigenvalue weighted by Gasteiger charge is 2.23. The van der Waals surface area contributed by atoms with Crippen molar-refractivity contribution >= 4 is 23.0 Å². The number of nitrogens with zero attached hydrogens (tertiary/aromatic N) is 2. The molecule has 0 saturated carbocycles. The summed E-state index contributed by atoms with van der Waals surface area (Å²) in [7, 11) is 1.33. The fourth-order valence-electron chi connectivity index (χ4n) is 2.93. The maximum absolute atomic E-state index is 13.0. The van der Waals surface area contributed by atoms with Crippen molar-refractivity contribution in [1.29, 1.82) is 0 Å². The van der Waals surface area contributed by atoms with Gasteiger partial charge in [0.05, 0.1) is 36.2 Å². The molecule has 0 bridgehead atoms. The topological polar surface area (TPSA) is 94.3 Å². The third-order valence-electron chi connectivity index (χ3n) is 4.37. The summed E-state index contributed by atoms with van der Waals surface area (Å²) in [6.07, 6.45) is 0.0289. The highest BCUT2D eigenvalue weighted by atomic mass is 16.5. The van der Waals surface area contributed by atoms with Gasteiger partial charge in [-0.3, -0.25) is 9.59 Å². The number of esters is 1. The Morgan fingerprint density at radius 3 is 2.56 bits per heavy atom. The van der Waals surface area contributed by atoms with Crippen LogP contribution in [0.3, 0.4) is 0 Å². The monoisotopic (exact) mass is 367 g/mol. The Morgan fingerprint density at radius 1 is 1.19 bits per heavy atom. The van der Waals surface area contributed by atoms with Crippen LogP contribution in [0.5, 0.6) is 0 Å². The predicted octanol–water partition coefficient (Wildman–Crippen LogP) is 3.18. The number of aromatic nitrogens is 2. The van der Waals surface area contributed by atoms with Crippen LogP contribution in [0.2, 0.25) is 0 Å². The number of benzene rings is 1. The minimum absolute atomic E-state index is 0.0289. The molecule has 0 fully saturated rings. The van der Waals surface area contributed by atoms with Gasteiger partial charge in [-0.1, -0.05) is 35.0 Å². The van der Waals surface area contributed by atoms with Crippen molar-refractivity contribution in [3.05, 3.63) is 58.4 Å². The van der Waals surface area contributed by atoms with Gasteiger partial charge in [0.1, 0.15) is 0 Å². The minimum Gasteiger partial charge on any atom is -0.469 e. The molecule has 7 nitrogen and oxygen atoms in total. The van der Waals surface area contributed by atoms with Crippen LogP contribution < -0.4 is 5.32 Å². The van der Waals surface area contributed by atoms with Gasteiger partial charge in [-0.2, -0.15) is 0 Å². The highest BCUT2D eigenvalue weighted by Crippen LogP contribution is 2.24. The van der Waals surface area contributed by atoms with Crippen LogP contribution in [0, 0.1) is 20.8 Å². The zero-order valence-corrected chi connectivity index (χ0v) is 15.7. The molecule has 2 heterocycles. The zero-order valence-electron chi connectivity index (χ0n) is 15.7. The van der Waals surface area contributed by atoms with E-state index in [-0.39, 0.29) is 12.3 Å². The Bertz CT molecular complexity index is 992. The molecule has 0 unspecified atom stereocenters. The van der Waals surface area contributed by atoms with Crippen LogP contribution in [-0.4, -0.2) is 29.1 Å². The van der Waals surface area contributed by atoms with Crippen LogP contribution in [0.4, 0.5) is 0 Å². The Morgan fingerprint density at radius 2 is 1.89 bits per heavy atom. The summed E-state index contributed by atoms with van der Waals surface area (Å²) in [6.45, 7) is 5.51. The second-order valence-corrected chi connectivity index (χ2v) is 6.48. The lowest BCUT2D eigenvalue weighted by atomic mass is 10.0. The van der Waals surface area contributed by atoms with Gasteiger partial charge in [0.25, 0.3) is 11.6 Å². The van der Waals surface area contributed by atoms with Gasteiger partial charge in [-0.25, -0.2) is 4.98 Å². The molecule has 3 rings (SSSR count). The van der Waals surface area contributed by atoms with Gasteiger partial charge in [-0.15, -0.1) is 0 Å². The Kier molecular flexibility index (Phi) is 5.21. The van der Waals surface area contributed by atoms with Gasteiger partial charge in [0.2, 0.25) is 0 Å². The van der Waals surface area contributed by atoms with Crippen LogP contribution >= 0.6 is 0 Å². The van der Waals surface area contributed by atoms with Gasteiger partial charge in [0, 0.05) is 5.69 Å². The van der Waals surface area contributed by atoms with E-state index in [9.17, 15) is 9.59 Å². The molecular weight excluding hydrogens is 346 g/mol. The fraction of sp³-hybridized carbons (Fsp3) is 0.300. The molecule has 0 radical (unpaired) electrons. The molecule has 1 N–H and O–H groups in total. The highest BCUT2D eigenvalue weighted by molar-refractivity contribution is 6.06. The van der Waals surface area contributed by atoms with Crippen molar-refractivity contribution in [2.45, 2.75) is 33.2 Å². The van der Waals surface area contributed by atoms with E-state index in [4.69, 9.17) is 9.26 Å². The molecule has 2 aromatic heterocycles. The second kappa shape index (κ2) is 7.57. The quantitative estimate of drug-likeness (QED) is 0.696. The van der Waals surface area contributed by atoms with E-state index in [1.54, 1.807) is 19.9 Å². The SMILES string of the molecule is COC(=O)C[C@@H](NC(=O)c1cc(C)nc2onc(C)c12)c1ccc(C)cc1. The molecule has 3 aromatic rings. The molecule has 27 heavy (non-hydrogen) atoms. The molecule has 1 aromatic carbocycles. The third-order valence-corrected chi connectivity index (χ3v) is 4.37. The largest absolute Gasteiger partial charge is 0.469 e. The number of nitrogens with one attached hydrogen (secondary N) is 1. The lowest BCUT2D eigenvalue weighted by Gasteiger charge is -2.19. The molecule has 0 aliphatic heterocycles. The van der Waals surface area contributed by atoms with Crippen LogP contribution in [0.1, 0.15) is 45.3 Å². The van der Waals surface area contributed by atoms with E-state index >= 15 is 0 Å². The number of hydrogen-bond donors (Lipinski definition) is 1. The Balaban J connectivity index is 1.96. The van der Waals surface area contributed by atoms with E-state index in [1.807, 2.05) is 31.2 Å². The van der Waals surface area contributed by atoms with Crippen molar-refractivity contribution in [2.24, 2.45) is 0 Å². The van der Waals surface area contributed by atoms with Gasteiger partial charge in [0.15, 0.2) is 0 Å². The lowest BCUT2D eigenvalue weighted by Crippen LogP contribution is -2.30. The van der Waals surface area contributed by atoms with E-state index in [2.05, 4.69) is 15.5 Å². The van der Waals surface area contributed by atoms with Crippen molar-refractivity contribution in [3.63, 3.8) is 0 Å². The number of fused-ring (bicyclic) bond motifs is 1. The number of ether oxygens (including phenoxy) is 1. The van der Waals surface area contributed by atoms with Crippen LogP contribution in [0.15, 0.2) is 34.9 Å². The molecule has 0 saturated heterocycles. The summed E-state index contributed by atoms with van der Waals surface area (Å²) >= 11 is 0. The first-order valence-electron chi connectivity index (χ1n) is 8.57. The smallest absolute Gasteiger partial charge is 0.307 e. The van der Waals surface area contributed by atoms with Crippen molar-refractivity contribution in [2.75, 3.05) is 7.11 Å². The number of amides is 1. The Labute approximate surface area is 156 Å². The summed E-state index contributed by atoms with van der Waals surface area (Å²) in [6, 6.07) is 8.82. The normalized spacial score (nSPS) is 12.0. The van der Waals surface area contributed by atoms with Crippen LogP contribution in [-0.2, 0) is 9.53 Å². The number of carbonyl (C=O) groups is 2. The average Bonchev–Trinajstić information content (AvgIpc) is 3.01. The molecule has 140 valence electrons. The maximum atomic E-state index is 13.0. The summed E-state index contributed by atoms with van der Waals surface area (Å²) in [5.41, 5.74) is 3.87. The van der Waals surface area contributed by atoms with Crippen molar-refractivity contribution in [3.8, 4) is 0 Å². The first kappa shape index (κ1) is 18.6. The maximum Gasteiger partial charge on any atom is 0.307 e. The van der Waals surface area contributed by atoms with E-state index in [0.717, 1.165) is 11.1 Å². The number of methoxy groups -OCH3 is 1. The van der Waals surface area contributed by atoms with Crippen LogP contribution in [0.25, 0.3) is 11.1 Å². The number of rotatable bonds is 5. The molecule has 1 amide bonds. The molecule has 1 atom stereocenters. The first-order valence-corrected chi connectivity index (χ1v) is 8.57. The zero-order chi connectivity index (χ0) is 19.6. The lowest BCUT2D eigenvalue weighted by molar-refractivity contribution is -0.141. The van der Waals surface area contributed by atoms with E-state index in [0.29, 0.717) is 28.1 Å². The fourth-order valence-corrected chi connectivity index (χ4v) is 2.93. The molecule has 7 heteroatoms. The predicted molar refractivity (Wildman–Crippen MR) is 99.3 cm³/mol. The Hall–Kier alpha value is -3.22. The average molecular weight is 367 g/mol. The van der Waals surface area contributed by atoms with Gasteiger partial charge < -0.3 is 14.6 Å². The van der Waals surface area contributed by atoms with E-state index < -0.39 is 12.0 Å². The number of aryl methyl sites for hydroxylation is 3. The summed E-state index contributed by atoms with van der Waals surface area (Å²) < 4.78 is 9.97. The summed E-state index contributed by atoms with van der Waals surface area (Å²) in [4.78, 5) is 29.1. The number of carbonyl (C=O) groups excluding carboxylic acids is 2. The van der Waals surface area contributed by atoms with Crippen molar-refractivity contribution in [1.82, 2.24) is 15.5 Å². The number of hydrogen-bond acceptors (Lipinski definition) is 6. The minimum atomic E-state index is -0.519. The van der Waals surface area contributed by atoms with Gasteiger partial charge >= 0.3 is 5.97 Å². The molecular formula is C20H21N3O4. The number of pyridine rings is 1. The first-order chi connectivity index (χ1) is 12.9. The molecule has 0 aliphatic carbocycles.